The summed E-state index contributed by atoms with van der Waals surface area (Å²) in [6.45, 7) is 2.26. The van der Waals surface area contributed by atoms with Crippen LogP contribution in [-0.2, 0) is 14.6 Å². The third-order valence-electron chi connectivity index (χ3n) is 2.06. The monoisotopic (exact) mass is 259 g/mol. The summed E-state index contributed by atoms with van der Waals surface area (Å²) in [5, 5.41) is 2.44. The number of sulfone groups is 1. The van der Waals surface area contributed by atoms with Gasteiger partial charge in [0.1, 0.15) is 16.5 Å². The van der Waals surface area contributed by atoms with Gasteiger partial charge in [-0.3, -0.25) is 4.79 Å². The molecule has 0 aliphatic rings. The van der Waals surface area contributed by atoms with Crippen molar-refractivity contribution in [1.82, 2.24) is 5.32 Å². The molecular weight excluding hydrogens is 245 g/mol. The van der Waals surface area contributed by atoms with Gasteiger partial charge >= 0.3 is 0 Å². The molecule has 0 radical (unpaired) electrons. The van der Waals surface area contributed by atoms with Crippen LogP contribution in [0.25, 0.3) is 0 Å². The second kappa shape index (κ2) is 5.77. The number of nitrogens with one attached hydrogen (secondary N) is 1. The van der Waals surface area contributed by atoms with E-state index >= 15 is 0 Å². The fourth-order valence-electron chi connectivity index (χ4n) is 1.26. The average molecular weight is 259 g/mol. The Kier molecular flexibility index (Phi) is 4.62. The molecule has 94 valence electrons. The predicted octanol–water partition coefficient (Wildman–Crippen LogP) is 1.13. The lowest BCUT2D eigenvalue weighted by Gasteiger charge is -2.06. The highest BCUT2D eigenvalue weighted by molar-refractivity contribution is 7.92. The first-order chi connectivity index (χ1) is 7.97. The van der Waals surface area contributed by atoms with Crippen molar-refractivity contribution >= 4 is 15.7 Å². The molecule has 1 aromatic carbocycles. The summed E-state index contributed by atoms with van der Waals surface area (Å²) >= 11 is 0. The second-order valence-corrected chi connectivity index (χ2v) is 5.50. The molecule has 0 atom stereocenters. The smallest absolute Gasteiger partial charge is 0.235 e. The first-order valence-corrected chi connectivity index (χ1v) is 6.86. The van der Waals surface area contributed by atoms with Crippen molar-refractivity contribution in [2.45, 2.75) is 18.2 Å². The zero-order valence-electron chi connectivity index (χ0n) is 9.44. The second-order valence-electron chi connectivity index (χ2n) is 3.54. The quantitative estimate of drug-likeness (QED) is 0.862. The largest absolute Gasteiger partial charge is 0.355 e. The number of halogens is 1. The molecular formula is C11H14FNO3S. The Hall–Kier alpha value is -1.43. The number of carbonyl (C=O) groups is 1. The summed E-state index contributed by atoms with van der Waals surface area (Å²) in [7, 11) is -3.91. The summed E-state index contributed by atoms with van der Waals surface area (Å²) in [5.41, 5.74) is 0. The molecule has 1 amide bonds. The van der Waals surface area contributed by atoms with Gasteiger partial charge in [-0.05, 0) is 18.6 Å². The summed E-state index contributed by atoms with van der Waals surface area (Å²) in [6, 6.07) is 5.01. The van der Waals surface area contributed by atoms with Crippen molar-refractivity contribution in [2.75, 3.05) is 12.3 Å². The van der Waals surface area contributed by atoms with E-state index < -0.39 is 32.2 Å². The van der Waals surface area contributed by atoms with Crippen molar-refractivity contribution in [2.24, 2.45) is 0 Å². The minimum absolute atomic E-state index is 0.408. The Labute approximate surface area is 99.8 Å². The Morgan fingerprint density at radius 3 is 2.59 bits per heavy atom. The zero-order chi connectivity index (χ0) is 12.9. The molecule has 6 heteroatoms. The molecule has 17 heavy (non-hydrogen) atoms. The zero-order valence-corrected chi connectivity index (χ0v) is 10.3. The molecule has 1 N–H and O–H groups in total. The van der Waals surface area contributed by atoms with E-state index in [9.17, 15) is 17.6 Å². The van der Waals surface area contributed by atoms with Crippen molar-refractivity contribution in [3.8, 4) is 0 Å². The molecule has 1 rings (SSSR count). The van der Waals surface area contributed by atoms with Crippen LogP contribution in [0.3, 0.4) is 0 Å². The first kappa shape index (κ1) is 13.6. The van der Waals surface area contributed by atoms with Crippen LogP contribution >= 0.6 is 0 Å². The molecule has 0 heterocycles. The summed E-state index contributed by atoms with van der Waals surface area (Å²) < 4.78 is 36.7. The number of benzene rings is 1. The van der Waals surface area contributed by atoms with Gasteiger partial charge in [-0.25, -0.2) is 12.8 Å². The molecule has 4 nitrogen and oxygen atoms in total. The maximum Gasteiger partial charge on any atom is 0.235 e. The van der Waals surface area contributed by atoms with Crippen molar-refractivity contribution < 1.29 is 17.6 Å². The van der Waals surface area contributed by atoms with Gasteiger partial charge in [0, 0.05) is 6.54 Å². The van der Waals surface area contributed by atoms with Gasteiger partial charge in [-0.1, -0.05) is 19.1 Å². The number of carbonyl (C=O) groups excluding carboxylic acids is 1. The van der Waals surface area contributed by atoms with Crippen LogP contribution in [0.15, 0.2) is 29.2 Å². The topological polar surface area (TPSA) is 63.2 Å². The van der Waals surface area contributed by atoms with Crippen molar-refractivity contribution in [1.29, 1.82) is 0 Å². The lowest BCUT2D eigenvalue weighted by molar-refractivity contribution is -0.118. The van der Waals surface area contributed by atoms with E-state index in [4.69, 9.17) is 0 Å². The Morgan fingerprint density at radius 2 is 2.00 bits per heavy atom. The summed E-state index contributed by atoms with van der Waals surface area (Å²) in [4.78, 5) is 10.9. The molecule has 0 aromatic heterocycles. The van der Waals surface area contributed by atoms with Gasteiger partial charge in [0.2, 0.25) is 5.91 Å². The highest BCUT2D eigenvalue weighted by atomic mass is 32.2. The Bertz CT molecular complexity index is 499. The third-order valence-corrected chi connectivity index (χ3v) is 3.71. The van der Waals surface area contributed by atoms with Gasteiger partial charge in [-0.15, -0.1) is 0 Å². The molecule has 0 saturated heterocycles. The van der Waals surface area contributed by atoms with Gasteiger partial charge in [0.25, 0.3) is 0 Å². The van der Waals surface area contributed by atoms with E-state index in [1.165, 1.54) is 12.1 Å². The van der Waals surface area contributed by atoms with E-state index in [0.29, 0.717) is 13.0 Å². The Morgan fingerprint density at radius 1 is 1.35 bits per heavy atom. The fourth-order valence-corrected chi connectivity index (χ4v) is 2.52. The SMILES string of the molecule is CCCNC(=O)CS(=O)(=O)c1ccccc1F. The van der Waals surface area contributed by atoms with Crippen molar-refractivity contribution in [3.63, 3.8) is 0 Å². The van der Waals surface area contributed by atoms with E-state index in [1.807, 2.05) is 6.92 Å². The Balaban J connectivity index is 2.83. The third kappa shape index (κ3) is 3.81. The lowest BCUT2D eigenvalue weighted by Crippen LogP contribution is -2.31. The van der Waals surface area contributed by atoms with Crippen LogP contribution in [0.4, 0.5) is 4.39 Å². The normalized spacial score (nSPS) is 11.2. The van der Waals surface area contributed by atoms with Gasteiger partial charge in [0.05, 0.1) is 0 Å². The molecule has 0 saturated carbocycles. The van der Waals surface area contributed by atoms with E-state index in [-0.39, 0.29) is 0 Å². The van der Waals surface area contributed by atoms with E-state index in [0.717, 1.165) is 12.1 Å². The van der Waals surface area contributed by atoms with Gasteiger partial charge in [0.15, 0.2) is 9.84 Å². The molecule has 1 aromatic rings. The van der Waals surface area contributed by atoms with Crippen LogP contribution in [0.1, 0.15) is 13.3 Å². The standard InChI is InChI=1S/C11H14FNO3S/c1-2-7-13-11(14)8-17(15,16)10-6-4-3-5-9(10)12/h3-6H,2,7-8H2,1H3,(H,13,14). The van der Waals surface area contributed by atoms with Crippen LogP contribution in [0.2, 0.25) is 0 Å². The van der Waals surface area contributed by atoms with Crippen LogP contribution < -0.4 is 5.32 Å². The average Bonchev–Trinajstić information content (AvgIpc) is 2.26. The highest BCUT2D eigenvalue weighted by Gasteiger charge is 2.22. The highest BCUT2D eigenvalue weighted by Crippen LogP contribution is 2.14. The van der Waals surface area contributed by atoms with Gasteiger partial charge in [-0.2, -0.15) is 0 Å². The van der Waals surface area contributed by atoms with Crippen LogP contribution in [0, 0.1) is 5.82 Å². The number of amides is 1. The number of hydrogen-bond donors (Lipinski definition) is 1. The fraction of sp³-hybridized carbons (Fsp3) is 0.364. The van der Waals surface area contributed by atoms with Crippen molar-refractivity contribution in [3.05, 3.63) is 30.1 Å². The molecule has 0 fully saturated rings. The predicted molar refractivity (Wildman–Crippen MR) is 61.8 cm³/mol. The molecule has 0 spiro atoms. The van der Waals surface area contributed by atoms with Gasteiger partial charge < -0.3 is 5.32 Å². The minimum Gasteiger partial charge on any atom is -0.355 e. The van der Waals surface area contributed by atoms with Crippen LogP contribution in [-0.4, -0.2) is 26.6 Å². The molecule has 0 aliphatic carbocycles. The summed E-state index contributed by atoms with van der Waals surface area (Å²) in [5.74, 6) is -2.18. The van der Waals surface area contributed by atoms with E-state index in [1.54, 1.807) is 0 Å². The molecule has 0 bridgehead atoms. The number of rotatable bonds is 5. The minimum atomic E-state index is -3.91. The molecule has 0 aliphatic heterocycles. The van der Waals surface area contributed by atoms with Crippen LogP contribution in [0.5, 0.6) is 0 Å². The maximum atomic E-state index is 13.3. The van der Waals surface area contributed by atoms with E-state index in [2.05, 4.69) is 5.32 Å². The maximum absolute atomic E-state index is 13.3. The summed E-state index contributed by atoms with van der Waals surface area (Å²) in [6.07, 6.45) is 0.714. The first-order valence-electron chi connectivity index (χ1n) is 5.21. The molecule has 0 unspecified atom stereocenters. The lowest BCUT2D eigenvalue weighted by atomic mass is 10.3. The number of hydrogen-bond acceptors (Lipinski definition) is 3.